The number of halogens is 1. The van der Waals surface area contributed by atoms with Crippen LogP contribution < -0.4 is 11.1 Å². The van der Waals surface area contributed by atoms with Gasteiger partial charge in [0.25, 0.3) is 0 Å². The Kier molecular flexibility index (Phi) is 5.33. The maximum absolute atomic E-state index is 12.1. The number of anilines is 1. The van der Waals surface area contributed by atoms with Crippen LogP contribution in [0.15, 0.2) is 47.1 Å². The molecule has 5 heteroatoms. The van der Waals surface area contributed by atoms with Crippen molar-refractivity contribution in [2.24, 2.45) is 0 Å². The minimum absolute atomic E-state index is 0.0133. The van der Waals surface area contributed by atoms with E-state index in [1.807, 2.05) is 24.3 Å². The maximum Gasteiger partial charge on any atom is 0.226 e. The molecule has 21 heavy (non-hydrogen) atoms. The van der Waals surface area contributed by atoms with Crippen molar-refractivity contribution in [3.05, 3.63) is 58.3 Å². The predicted molar refractivity (Wildman–Crippen MR) is 87.7 cm³/mol. The van der Waals surface area contributed by atoms with Crippen molar-refractivity contribution in [1.29, 1.82) is 0 Å². The minimum atomic E-state index is -0.0398. The Balaban J connectivity index is 1.99. The van der Waals surface area contributed by atoms with E-state index < -0.39 is 0 Å². The van der Waals surface area contributed by atoms with Crippen LogP contribution >= 0.6 is 15.9 Å². The van der Waals surface area contributed by atoms with Crippen LogP contribution in [0.25, 0.3) is 0 Å². The fourth-order valence-electron chi connectivity index (χ4n) is 2.07. The number of nitrogens with one attached hydrogen (secondary N) is 1. The molecule has 110 valence electrons. The number of hydrogen-bond acceptors (Lipinski definition) is 3. The van der Waals surface area contributed by atoms with E-state index in [2.05, 4.69) is 33.2 Å². The standard InChI is InChI=1S/C16H18BrN3O/c1-2-15(11-3-5-12(17)6-4-11)20-16(21)9-14-8-7-13(18)10-19-14/h3-8,10,15H,2,9,18H2,1H3,(H,20,21). The summed E-state index contributed by atoms with van der Waals surface area (Å²) < 4.78 is 1.03. The van der Waals surface area contributed by atoms with Gasteiger partial charge in [-0.25, -0.2) is 0 Å². The van der Waals surface area contributed by atoms with E-state index in [4.69, 9.17) is 5.73 Å². The molecule has 1 atom stereocenters. The molecule has 2 rings (SSSR count). The summed E-state index contributed by atoms with van der Waals surface area (Å²) in [4.78, 5) is 16.3. The van der Waals surface area contributed by atoms with Gasteiger partial charge in [0.1, 0.15) is 0 Å². The summed E-state index contributed by atoms with van der Waals surface area (Å²) >= 11 is 3.41. The molecule has 0 fully saturated rings. The van der Waals surface area contributed by atoms with Crippen LogP contribution in [0.1, 0.15) is 30.6 Å². The van der Waals surface area contributed by atoms with Gasteiger partial charge in [-0.1, -0.05) is 35.0 Å². The first-order chi connectivity index (χ1) is 10.1. The molecule has 0 radical (unpaired) electrons. The molecule has 1 aromatic heterocycles. The number of nitrogen functional groups attached to an aromatic ring is 1. The highest BCUT2D eigenvalue weighted by Gasteiger charge is 2.13. The Morgan fingerprint density at radius 3 is 2.57 bits per heavy atom. The zero-order valence-electron chi connectivity index (χ0n) is 11.8. The van der Waals surface area contributed by atoms with E-state index in [1.54, 1.807) is 18.3 Å². The van der Waals surface area contributed by atoms with Crippen LogP contribution in [0.5, 0.6) is 0 Å². The average molecular weight is 348 g/mol. The fourth-order valence-corrected chi connectivity index (χ4v) is 2.33. The van der Waals surface area contributed by atoms with Gasteiger partial charge >= 0.3 is 0 Å². The van der Waals surface area contributed by atoms with Gasteiger partial charge < -0.3 is 11.1 Å². The van der Waals surface area contributed by atoms with Crippen LogP contribution in [0, 0.1) is 0 Å². The second-order valence-electron chi connectivity index (χ2n) is 4.84. The molecule has 0 aliphatic rings. The summed E-state index contributed by atoms with van der Waals surface area (Å²) in [6.45, 7) is 2.05. The summed E-state index contributed by atoms with van der Waals surface area (Å²) in [5.41, 5.74) is 7.99. The van der Waals surface area contributed by atoms with E-state index in [0.29, 0.717) is 11.4 Å². The number of aromatic nitrogens is 1. The highest BCUT2D eigenvalue weighted by atomic mass is 79.9. The SMILES string of the molecule is CCC(NC(=O)Cc1ccc(N)cn1)c1ccc(Br)cc1. The lowest BCUT2D eigenvalue weighted by Gasteiger charge is -2.17. The van der Waals surface area contributed by atoms with Crippen LogP contribution in [-0.4, -0.2) is 10.9 Å². The lowest BCUT2D eigenvalue weighted by atomic mass is 10.0. The molecular formula is C16H18BrN3O. The number of benzene rings is 1. The normalized spacial score (nSPS) is 11.9. The Morgan fingerprint density at radius 2 is 2.00 bits per heavy atom. The van der Waals surface area contributed by atoms with Crippen molar-refractivity contribution in [2.45, 2.75) is 25.8 Å². The molecule has 1 aromatic carbocycles. The third-order valence-electron chi connectivity index (χ3n) is 3.21. The number of carbonyl (C=O) groups excluding carboxylic acids is 1. The first-order valence-corrected chi connectivity index (χ1v) is 7.63. The summed E-state index contributed by atoms with van der Waals surface area (Å²) in [5.74, 6) is -0.0398. The molecule has 1 amide bonds. The Bertz CT molecular complexity index is 596. The smallest absolute Gasteiger partial charge is 0.226 e. The number of rotatable bonds is 5. The van der Waals surface area contributed by atoms with Crippen molar-refractivity contribution in [1.82, 2.24) is 10.3 Å². The quantitative estimate of drug-likeness (QED) is 0.872. The zero-order valence-corrected chi connectivity index (χ0v) is 13.4. The van der Waals surface area contributed by atoms with Gasteiger partial charge in [0.2, 0.25) is 5.91 Å². The Hall–Kier alpha value is -1.88. The van der Waals surface area contributed by atoms with Gasteiger partial charge in [0.15, 0.2) is 0 Å². The topological polar surface area (TPSA) is 68.0 Å². The minimum Gasteiger partial charge on any atom is -0.397 e. The first-order valence-electron chi connectivity index (χ1n) is 6.83. The number of hydrogen-bond donors (Lipinski definition) is 2. The summed E-state index contributed by atoms with van der Waals surface area (Å²) in [6, 6.07) is 11.5. The van der Waals surface area contributed by atoms with Gasteiger partial charge in [-0.3, -0.25) is 9.78 Å². The van der Waals surface area contributed by atoms with Gasteiger partial charge in [-0.05, 0) is 36.2 Å². The molecular weight excluding hydrogens is 330 g/mol. The van der Waals surface area contributed by atoms with Crippen LogP contribution in [0.4, 0.5) is 5.69 Å². The van der Waals surface area contributed by atoms with E-state index in [0.717, 1.165) is 16.5 Å². The van der Waals surface area contributed by atoms with Crippen molar-refractivity contribution in [3.63, 3.8) is 0 Å². The third-order valence-corrected chi connectivity index (χ3v) is 3.73. The third kappa shape index (κ3) is 4.56. The monoisotopic (exact) mass is 347 g/mol. The number of nitrogens with zero attached hydrogens (tertiary/aromatic N) is 1. The highest BCUT2D eigenvalue weighted by Crippen LogP contribution is 2.19. The summed E-state index contributed by atoms with van der Waals surface area (Å²) in [6.07, 6.45) is 2.66. The van der Waals surface area contributed by atoms with E-state index >= 15 is 0 Å². The number of pyridine rings is 1. The van der Waals surface area contributed by atoms with E-state index in [1.165, 1.54) is 0 Å². The first kappa shape index (κ1) is 15.5. The van der Waals surface area contributed by atoms with Crippen molar-refractivity contribution >= 4 is 27.5 Å². The van der Waals surface area contributed by atoms with Crippen LogP contribution in [0.2, 0.25) is 0 Å². The molecule has 1 heterocycles. The van der Waals surface area contributed by atoms with Crippen LogP contribution in [0.3, 0.4) is 0 Å². The Morgan fingerprint density at radius 1 is 1.29 bits per heavy atom. The van der Waals surface area contributed by atoms with E-state index in [9.17, 15) is 4.79 Å². The van der Waals surface area contributed by atoms with Crippen LogP contribution in [-0.2, 0) is 11.2 Å². The maximum atomic E-state index is 12.1. The fraction of sp³-hybridized carbons (Fsp3) is 0.250. The van der Waals surface area contributed by atoms with Gasteiger partial charge in [-0.2, -0.15) is 0 Å². The lowest BCUT2D eigenvalue weighted by Crippen LogP contribution is -2.29. The summed E-state index contributed by atoms with van der Waals surface area (Å²) in [5, 5.41) is 3.04. The molecule has 0 aliphatic carbocycles. The molecule has 0 aliphatic heterocycles. The molecule has 4 nitrogen and oxygen atoms in total. The molecule has 0 saturated heterocycles. The molecule has 3 N–H and O–H groups in total. The highest BCUT2D eigenvalue weighted by molar-refractivity contribution is 9.10. The Labute approximate surface area is 132 Å². The van der Waals surface area contributed by atoms with Crippen molar-refractivity contribution < 1.29 is 4.79 Å². The number of carbonyl (C=O) groups is 1. The molecule has 0 bridgehead atoms. The molecule has 0 spiro atoms. The number of amides is 1. The van der Waals surface area contributed by atoms with Crippen molar-refractivity contribution in [3.8, 4) is 0 Å². The average Bonchev–Trinajstić information content (AvgIpc) is 2.48. The van der Waals surface area contributed by atoms with Gasteiger partial charge in [0, 0.05) is 10.2 Å². The molecule has 2 aromatic rings. The largest absolute Gasteiger partial charge is 0.397 e. The molecule has 1 unspecified atom stereocenters. The van der Waals surface area contributed by atoms with Gasteiger partial charge in [0.05, 0.1) is 24.3 Å². The predicted octanol–water partition coefficient (Wildman–Crippen LogP) is 3.24. The second-order valence-corrected chi connectivity index (χ2v) is 5.76. The summed E-state index contributed by atoms with van der Waals surface area (Å²) in [7, 11) is 0. The molecule has 0 saturated carbocycles. The second kappa shape index (κ2) is 7.22. The lowest BCUT2D eigenvalue weighted by molar-refractivity contribution is -0.121. The van der Waals surface area contributed by atoms with Gasteiger partial charge in [-0.15, -0.1) is 0 Å². The van der Waals surface area contributed by atoms with Crippen molar-refractivity contribution in [2.75, 3.05) is 5.73 Å². The zero-order chi connectivity index (χ0) is 15.2. The number of nitrogens with two attached hydrogens (primary N) is 1. The van der Waals surface area contributed by atoms with E-state index in [-0.39, 0.29) is 18.4 Å².